The minimum absolute atomic E-state index is 0.0866. The molecule has 1 heterocycles. The standard InChI is InChI=1S/C22H14ClN3O5/c23-14-4-3-5-15(12-14)24-22(28)20-19(17-6-1-2-7-18(17)31-20)25-21(27)13-8-10-16(11-9-13)26(29)30/h1-12H,(H,24,28)(H,25,27). The zero-order valence-corrected chi connectivity index (χ0v) is 16.6. The number of halogens is 1. The van der Waals surface area contributed by atoms with Crippen LogP contribution in [0.5, 0.6) is 0 Å². The number of nitrogens with zero attached hydrogens (tertiary/aromatic N) is 1. The van der Waals surface area contributed by atoms with Crippen LogP contribution in [0.1, 0.15) is 20.9 Å². The Balaban J connectivity index is 1.67. The van der Waals surface area contributed by atoms with Crippen molar-refractivity contribution in [2.24, 2.45) is 0 Å². The van der Waals surface area contributed by atoms with Gasteiger partial charge in [-0.05, 0) is 42.5 Å². The van der Waals surface area contributed by atoms with Crippen LogP contribution in [0.15, 0.2) is 77.2 Å². The highest BCUT2D eigenvalue weighted by Crippen LogP contribution is 2.32. The molecule has 0 spiro atoms. The molecule has 4 aromatic rings. The molecule has 0 saturated carbocycles. The first-order valence-corrected chi connectivity index (χ1v) is 9.44. The van der Waals surface area contributed by atoms with Crippen LogP contribution in [0, 0.1) is 10.1 Å². The summed E-state index contributed by atoms with van der Waals surface area (Å²) < 4.78 is 5.70. The summed E-state index contributed by atoms with van der Waals surface area (Å²) in [6, 6.07) is 18.6. The number of nitro benzene ring substituents is 1. The van der Waals surface area contributed by atoms with Crippen LogP contribution in [-0.2, 0) is 0 Å². The molecule has 0 fully saturated rings. The van der Waals surface area contributed by atoms with Crippen LogP contribution in [-0.4, -0.2) is 16.7 Å². The summed E-state index contributed by atoms with van der Waals surface area (Å²) in [6.45, 7) is 0. The average Bonchev–Trinajstić information content (AvgIpc) is 3.12. The summed E-state index contributed by atoms with van der Waals surface area (Å²) in [5.41, 5.74) is 1.13. The molecule has 1 aromatic heterocycles. The molecule has 0 atom stereocenters. The van der Waals surface area contributed by atoms with Gasteiger partial charge in [0.05, 0.1) is 4.92 Å². The number of nitrogens with one attached hydrogen (secondary N) is 2. The van der Waals surface area contributed by atoms with E-state index in [0.29, 0.717) is 21.7 Å². The van der Waals surface area contributed by atoms with Gasteiger partial charge in [-0.1, -0.05) is 29.8 Å². The monoisotopic (exact) mass is 435 g/mol. The topological polar surface area (TPSA) is 114 Å². The Morgan fingerprint density at radius 1 is 0.903 bits per heavy atom. The highest BCUT2D eigenvalue weighted by molar-refractivity contribution is 6.31. The van der Waals surface area contributed by atoms with Gasteiger partial charge in [-0.15, -0.1) is 0 Å². The summed E-state index contributed by atoms with van der Waals surface area (Å²) in [4.78, 5) is 35.9. The molecule has 2 amide bonds. The highest BCUT2D eigenvalue weighted by atomic mass is 35.5. The second kappa shape index (κ2) is 8.29. The Hall–Kier alpha value is -4.17. The number of nitro groups is 1. The maximum Gasteiger partial charge on any atom is 0.293 e. The zero-order valence-electron chi connectivity index (χ0n) is 15.8. The Morgan fingerprint density at radius 3 is 2.35 bits per heavy atom. The number of hydrogen-bond donors (Lipinski definition) is 2. The smallest absolute Gasteiger partial charge is 0.293 e. The average molecular weight is 436 g/mol. The van der Waals surface area contributed by atoms with Gasteiger partial charge >= 0.3 is 0 Å². The molecular formula is C22H14ClN3O5. The van der Waals surface area contributed by atoms with E-state index >= 15 is 0 Å². The van der Waals surface area contributed by atoms with Crippen molar-refractivity contribution in [1.29, 1.82) is 0 Å². The number of benzene rings is 3. The maximum absolute atomic E-state index is 12.9. The number of rotatable bonds is 5. The second-order valence-electron chi connectivity index (χ2n) is 6.52. The number of carbonyl (C=O) groups is 2. The Bertz CT molecular complexity index is 1310. The maximum atomic E-state index is 12.9. The van der Waals surface area contributed by atoms with E-state index in [4.69, 9.17) is 16.0 Å². The van der Waals surface area contributed by atoms with Crippen molar-refractivity contribution in [3.63, 3.8) is 0 Å². The van der Waals surface area contributed by atoms with E-state index < -0.39 is 16.7 Å². The molecule has 3 aromatic carbocycles. The molecule has 0 unspecified atom stereocenters. The summed E-state index contributed by atoms with van der Waals surface area (Å²) >= 11 is 5.96. The lowest BCUT2D eigenvalue weighted by atomic mass is 10.1. The van der Waals surface area contributed by atoms with Crippen molar-refractivity contribution in [2.75, 3.05) is 10.6 Å². The number of amides is 2. The molecule has 8 nitrogen and oxygen atoms in total. The lowest BCUT2D eigenvalue weighted by Gasteiger charge is -2.08. The van der Waals surface area contributed by atoms with E-state index in [0.717, 1.165) is 0 Å². The van der Waals surface area contributed by atoms with Crippen molar-refractivity contribution in [3.05, 3.63) is 99.3 Å². The lowest BCUT2D eigenvalue weighted by molar-refractivity contribution is -0.384. The minimum atomic E-state index is -0.572. The van der Waals surface area contributed by atoms with Crippen LogP contribution in [0.25, 0.3) is 11.0 Å². The summed E-state index contributed by atoms with van der Waals surface area (Å²) in [7, 11) is 0. The molecule has 2 N–H and O–H groups in total. The summed E-state index contributed by atoms with van der Waals surface area (Å²) in [5.74, 6) is -1.20. The fourth-order valence-electron chi connectivity index (χ4n) is 3.00. The molecule has 31 heavy (non-hydrogen) atoms. The quantitative estimate of drug-likeness (QED) is 0.317. The second-order valence-corrected chi connectivity index (χ2v) is 6.96. The first-order chi connectivity index (χ1) is 14.9. The van der Waals surface area contributed by atoms with Gasteiger partial charge in [-0.3, -0.25) is 19.7 Å². The molecule has 9 heteroatoms. The zero-order chi connectivity index (χ0) is 22.0. The normalized spacial score (nSPS) is 10.6. The number of furan rings is 1. The van der Waals surface area contributed by atoms with Crippen molar-refractivity contribution in [3.8, 4) is 0 Å². The molecule has 0 bridgehead atoms. The fourth-order valence-corrected chi connectivity index (χ4v) is 3.19. The Kier molecular flexibility index (Phi) is 5.38. The van der Waals surface area contributed by atoms with E-state index in [1.807, 2.05) is 0 Å². The third-order valence-electron chi connectivity index (χ3n) is 4.46. The van der Waals surface area contributed by atoms with Crippen LogP contribution >= 0.6 is 11.6 Å². The molecule has 0 aliphatic carbocycles. The number of hydrogen-bond acceptors (Lipinski definition) is 5. The van der Waals surface area contributed by atoms with Crippen molar-refractivity contribution >= 4 is 51.4 Å². The number of para-hydroxylation sites is 1. The first kappa shape index (κ1) is 20.1. The number of fused-ring (bicyclic) bond motifs is 1. The van der Waals surface area contributed by atoms with E-state index in [2.05, 4.69) is 10.6 Å². The predicted molar refractivity (Wildman–Crippen MR) is 117 cm³/mol. The molecule has 154 valence electrons. The van der Waals surface area contributed by atoms with Gasteiger partial charge in [-0.25, -0.2) is 0 Å². The van der Waals surface area contributed by atoms with Gasteiger partial charge in [-0.2, -0.15) is 0 Å². The van der Waals surface area contributed by atoms with Gasteiger partial charge in [0.15, 0.2) is 0 Å². The molecule has 0 saturated heterocycles. The number of anilines is 2. The van der Waals surface area contributed by atoms with E-state index in [9.17, 15) is 19.7 Å². The predicted octanol–water partition coefficient (Wildman–Crippen LogP) is 5.50. The molecule has 0 aliphatic rings. The first-order valence-electron chi connectivity index (χ1n) is 9.06. The SMILES string of the molecule is O=C(Nc1c(C(=O)Nc2cccc(Cl)c2)oc2ccccc12)c1ccc([N+](=O)[O-])cc1. The largest absolute Gasteiger partial charge is 0.449 e. The van der Waals surface area contributed by atoms with Gasteiger partial charge in [0.2, 0.25) is 5.76 Å². The molecule has 0 aliphatic heterocycles. The molecule has 0 radical (unpaired) electrons. The van der Waals surface area contributed by atoms with Crippen LogP contribution in [0.3, 0.4) is 0 Å². The van der Waals surface area contributed by atoms with Gasteiger partial charge in [0.25, 0.3) is 17.5 Å². The summed E-state index contributed by atoms with van der Waals surface area (Å²) in [5, 5.41) is 17.2. The van der Waals surface area contributed by atoms with Gasteiger partial charge < -0.3 is 15.1 Å². The van der Waals surface area contributed by atoms with Crippen molar-refractivity contribution in [2.45, 2.75) is 0 Å². The minimum Gasteiger partial charge on any atom is -0.449 e. The molecule has 4 rings (SSSR count). The van der Waals surface area contributed by atoms with Crippen LogP contribution in [0.4, 0.5) is 17.1 Å². The van der Waals surface area contributed by atoms with Crippen molar-refractivity contribution in [1.82, 2.24) is 0 Å². The number of carbonyl (C=O) groups excluding carboxylic acids is 2. The van der Waals surface area contributed by atoms with E-state index in [1.165, 1.54) is 24.3 Å². The lowest BCUT2D eigenvalue weighted by Crippen LogP contribution is -2.17. The third-order valence-corrected chi connectivity index (χ3v) is 4.70. The van der Waals surface area contributed by atoms with Gasteiger partial charge in [0, 0.05) is 33.8 Å². The van der Waals surface area contributed by atoms with E-state index in [1.54, 1.807) is 48.5 Å². The number of non-ortho nitro benzene ring substituents is 1. The fraction of sp³-hybridized carbons (Fsp3) is 0. The van der Waals surface area contributed by atoms with Crippen LogP contribution < -0.4 is 10.6 Å². The van der Waals surface area contributed by atoms with E-state index in [-0.39, 0.29) is 22.7 Å². The Morgan fingerprint density at radius 2 is 1.65 bits per heavy atom. The summed E-state index contributed by atoms with van der Waals surface area (Å²) in [6.07, 6.45) is 0. The van der Waals surface area contributed by atoms with Gasteiger partial charge in [0.1, 0.15) is 11.3 Å². The van der Waals surface area contributed by atoms with Crippen molar-refractivity contribution < 1.29 is 18.9 Å². The third kappa shape index (κ3) is 4.24. The highest BCUT2D eigenvalue weighted by Gasteiger charge is 2.23. The molecular weight excluding hydrogens is 422 g/mol. The van der Waals surface area contributed by atoms with Crippen LogP contribution in [0.2, 0.25) is 5.02 Å². The Labute approximate surface area is 180 Å².